The molecule has 0 spiro atoms. The largest absolute Gasteiger partial charge is 0.377 e. The summed E-state index contributed by atoms with van der Waals surface area (Å²) in [5.74, 6) is 0.0142. The molecule has 0 bridgehead atoms. The molecule has 1 aliphatic heterocycles. The molecule has 19 heavy (non-hydrogen) atoms. The molecule has 5 nitrogen and oxygen atoms in total. The third-order valence-corrected chi connectivity index (χ3v) is 3.26. The van der Waals surface area contributed by atoms with Crippen LogP contribution in [0.5, 0.6) is 0 Å². The lowest BCUT2D eigenvalue weighted by atomic mass is 10.1. The highest BCUT2D eigenvalue weighted by Gasteiger charge is 2.29. The van der Waals surface area contributed by atoms with Gasteiger partial charge in [0, 0.05) is 25.3 Å². The highest BCUT2D eigenvalue weighted by molar-refractivity contribution is 5.85. The van der Waals surface area contributed by atoms with E-state index in [1.807, 2.05) is 31.2 Å². The van der Waals surface area contributed by atoms with E-state index in [-0.39, 0.29) is 11.9 Å². The number of rotatable bonds is 4. The molecule has 1 fully saturated rings. The summed E-state index contributed by atoms with van der Waals surface area (Å²) in [6.45, 7) is 4.84. The van der Waals surface area contributed by atoms with Crippen molar-refractivity contribution in [3.8, 4) is 0 Å². The lowest BCUT2D eigenvalue weighted by Crippen LogP contribution is -2.54. The first-order valence-corrected chi connectivity index (χ1v) is 6.67. The fourth-order valence-corrected chi connectivity index (χ4v) is 2.28. The van der Waals surface area contributed by atoms with Crippen LogP contribution >= 0.6 is 0 Å². The Kier molecular flexibility index (Phi) is 4.76. The summed E-state index contributed by atoms with van der Waals surface area (Å²) in [6.07, 6.45) is 0. The molecule has 0 aliphatic carbocycles. The first kappa shape index (κ1) is 13.8. The molecule has 0 saturated carbocycles. The van der Waals surface area contributed by atoms with Gasteiger partial charge in [0.15, 0.2) is 0 Å². The van der Waals surface area contributed by atoms with Crippen molar-refractivity contribution in [1.29, 1.82) is 0 Å². The van der Waals surface area contributed by atoms with Crippen molar-refractivity contribution in [1.82, 2.24) is 5.32 Å². The Balaban J connectivity index is 2.20. The second-order valence-electron chi connectivity index (χ2n) is 4.55. The van der Waals surface area contributed by atoms with E-state index in [1.54, 1.807) is 0 Å². The zero-order valence-electron chi connectivity index (χ0n) is 11.3. The number of amides is 1. The fraction of sp³-hybridized carbons (Fsp3) is 0.500. The zero-order chi connectivity index (χ0) is 13.7. The predicted molar refractivity (Wildman–Crippen MR) is 75.0 cm³/mol. The SMILES string of the molecule is CCNC(=O)C1COCCN1c1cccc(CN)c1. The van der Waals surface area contributed by atoms with E-state index in [1.165, 1.54) is 0 Å². The highest BCUT2D eigenvalue weighted by atomic mass is 16.5. The van der Waals surface area contributed by atoms with Crippen LogP contribution in [0.25, 0.3) is 0 Å². The molecule has 1 heterocycles. The molecule has 1 amide bonds. The minimum atomic E-state index is -0.262. The van der Waals surface area contributed by atoms with Crippen LogP contribution in [0.2, 0.25) is 0 Å². The predicted octanol–water partition coefficient (Wildman–Crippen LogP) is 0.487. The molecule has 1 saturated heterocycles. The van der Waals surface area contributed by atoms with Gasteiger partial charge in [-0.1, -0.05) is 12.1 Å². The van der Waals surface area contributed by atoms with Gasteiger partial charge in [-0.3, -0.25) is 4.79 Å². The Morgan fingerprint density at radius 2 is 2.42 bits per heavy atom. The summed E-state index contributed by atoms with van der Waals surface area (Å²) in [6, 6.07) is 7.75. The summed E-state index contributed by atoms with van der Waals surface area (Å²) in [5, 5.41) is 2.86. The number of carbonyl (C=O) groups is 1. The maximum Gasteiger partial charge on any atom is 0.245 e. The Bertz CT molecular complexity index is 436. The molecule has 1 aromatic rings. The maximum absolute atomic E-state index is 12.1. The molecule has 1 atom stereocenters. The Labute approximate surface area is 113 Å². The molecular formula is C14H21N3O2. The molecule has 104 valence electrons. The van der Waals surface area contributed by atoms with Crippen LogP contribution in [0.15, 0.2) is 24.3 Å². The van der Waals surface area contributed by atoms with E-state index < -0.39 is 0 Å². The van der Waals surface area contributed by atoms with Gasteiger partial charge in [0.2, 0.25) is 5.91 Å². The van der Waals surface area contributed by atoms with Crippen molar-refractivity contribution in [3.05, 3.63) is 29.8 Å². The smallest absolute Gasteiger partial charge is 0.245 e. The molecule has 0 aromatic heterocycles. The minimum absolute atomic E-state index is 0.0142. The molecule has 2 rings (SSSR count). The number of nitrogens with one attached hydrogen (secondary N) is 1. The summed E-state index contributed by atoms with van der Waals surface area (Å²) < 4.78 is 5.43. The van der Waals surface area contributed by atoms with Crippen molar-refractivity contribution >= 4 is 11.6 Å². The van der Waals surface area contributed by atoms with Gasteiger partial charge in [0.25, 0.3) is 0 Å². The van der Waals surface area contributed by atoms with Crippen LogP contribution in [0.4, 0.5) is 5.69 Å². The number of ether oxygens (including phenoxy) is 1. The lowest BCUT2D eigenvalue weighted by Gasteiger charge is -2.36. The third-order valence-electron chi connectivity index (χ3n) is 3.26. The second kappa shape index (κ2) is 6.54. The maximum atomic E-state index is 12.1. The number of carbonyl (C=O) groups excluding carboxylic acids is 1. The van der Waals surface area contributed by atoms with Gasteiger partial charge in [-0.15, -0.1) is 0 Å². The normalized spacial score (nSPS) is 19.3. The number of benzene rings is 1. The summed E-state index contributed by atoms with van der Waals surface area (Å²) in [4.78, 5) is 14.2. The van der Waals surface area contributed by atoms with Gasteiger partial charge >= 0.3 is 0 Å². The van der Waals surface area contributed by atoms with E-state index in [4.69, 9.17) is 10.5 Å². The topological polar surface area (TPSA) is 67.6 Å². The van der Waals surface area contributed by atoms with Crippen LogP contribution in [-0.2, 0) is 16.1 Å². The summed E-state index contributed by atoms with van der Waals surface area (Å²) in [5.41, 5.74) is 7.77. The van der Waals surface area contributed by atoms with Gasteiger partial charge in [-0.25, -0.2) is 0 Å². The Hall–Kier alpha value is -1.59. The number of nitrogens with two attached hydrogens (primary N) is 1. The van der Waals surface area contributed by atoms with Gasteiger partial charge in [-0.05, 0) is 24.6 Å². The molecule has 1 aromatic carbocycles. The second-order valence-corrected chi connectivity index (χ2v) is 4.55. The highest BCUT2D eigenvalue weighted by Crippen LogP contribution is 2.21. The van der Waals surface area contributed by atoms with Crippen molar-refractivity contribution in [2.45, 2.75) is 19.5 Å². The fourth-order valence-electron chi connectivity index (χ4n) is 2.28. The molecule has 0 radical (unpaired) electrons. The van der Waals surface area contributed by atoms with E-state index >= 15 is 0 Å². The van der Waals surface area contributed by atoms with Gasteiger partial charge < -0.3 is 20.7 Å². The van der Waals surface area contributed by atoms with Gasteiger partial charge in [-0.2, -0.15) is 0 Å². The van der Waals surface area contributed by atoms with Crippen LogP contribution < -0.4 is 16.0 Å². The lowest BCUT2D eigenvalue weighted by molar-refractivity contribution is -0.124. The van der Waals surface area contributed by atoms with Crippen molar-refractivity contribution in [3.63, 3.8) is 0 Å². The molecular weight excluding hydrogens is 242 g/mol. The monoisotopic (exact) mass is 263 g/mol. The molecule has 1 unspecified atom stereocenters. The Morgan fingerprint density at radius 1 is 1.58 bits per heavy atom. The first-order valence-electron chi connectivity index (χ1n) is 6.67. The van der Waals surface area contributed by atoms with Crippen molar-refractivity contribution < 1.29 is 9.53 Å². The van der Waals surface area contributed by atoms with E-state index in [0.29, 0.717) is 26.3 Å². The zero-order valence-corrected chi connectivity index (χ0v) is 11.3. The van der Waals surface area contributed by atoms with Crippen LogP contribution in [0, 0.1) is 0 Å². The number of hydrogen-bond acceptors (Lipinski definition) is 4. The number of anilines is 1. The van der Waals surface area contributed by atoms with E-state index in [0.717, 1.165) is 17.8 Å². The Morgan fingerprint density at radius 3 is 3.16 bits per heavy atom. The average molecular weight is 263 g/mol. The quantitative estimate of drug-likeness (QED) is 0.829. The van der Waals surface area contributed by atoms with E-state index in [9.17, 15) is 4.79 Å². The number of morpholine rings is 1. The number of hydrogen-bond donors (Lipinski definition) is 2. The van der Waals surface area contributed by atoms with Gasteiger partial charge in [0.1, 0.15) is 6.04 Å². The molecule has 5 heteroatoms. The minimum Gasteiger partial charge on any atom is -0.377 e. The van der Waals surface area contributed by atoms with Crippen LogP contribution in [-0.4, -0.2) is 38.3 Å². The summed E-state index contributed by atoms with van der Waals surface area (Å²) in [7, 11) is 0. The van der Waals surface area contributed by atoms with Gasteiger partial charge in [0.05, 0.1) is 13.2 Å². The average Bonchev–Trinajstić information content (AvgIpc) is 2.47. The number of likely N-dealkylation sites (N-methyl/N-ethyl adjacent to an activating group) is 1. The van der Waals surface area contributed by atoms with E-state index in [2.05, 4.69) is 10.2 Å². The van der Waals surface area contributed by atoms with Crippen molar-refractivity contribution in [2.75, 3.05) is 31.2 Å². The third kappa shape index (κ3) is 3.24. The van der Waals surface area contributed by atoms with Crippen LogP contribution in [0.1, 0.15) is 12.5 Å². The van der Waals surface area contributed by atoms with Crippen molar-refractivity contribution in [2.24, 2.45) is 5.73 Å². The van der Waals surface area contributed by atoms with Crippen LogP contribution in [0.3, 0.4) is 0 Å². The molecule has 3 N–H and O–H groups in total. The molecule has 1 aliphatic rings. The number of nitrogens with zero attached hydrogens (tertiary/aromatic N) is 1. The first-order chi connectivity index (χ1) is 9.26. The summed E-state index contributed by atoms with van der Waals surface area (Å²) >= 11 is 0. The standard InChI is InChI=1S/C14H21N3O2/c1-2-16-14(18)13-10-19-7-6-17(13)12-5-3-4-11(8-12)9-15/h3-5,8,13H,2,6-7,9-10,15H2,1H3,(H,16,18).